The summed E-state index contributed by atoms with van der Waals surface area (Å²) >= 11 is 0. The van der Waals surface area contributed by atoms with Crippen molar-refractivity contribution in [1.82, 2.24) is 14.9 Å². The summed E-state index contributed by atoms with van der Waals surface area (Å²) in [5, 5.41) is 3.33. The van der Waals surface area contributed by atoms with E-state index in [1.807, 2.05) is 79.3 Å². The average molecular weight is 611 g/mol. The summed E-state index contributed by atoms with van der Waals surface area (Å²) in [6, 6.07) is 6.27. The molecule has 0 spiro atoms. The van der Waals surface area contributed by atoms with Gasteiger partial charge in [-0.25, -0.2) is 14.6 Å². The van der Waals surface area contributed by atoms with Gasteiger partial charge in [-0.1, -0.05) is 32.9 Å². The number of nitrogens with zero attached hydrogens (tertiary/aromatic N) is 5. The first-order chi connectivity index (χ1) is 20.7. The molecule has 1 N–H and O–H groups in total. The van der Waals surface area contributed by atoms with Crippen molar-refractivity contribution in [3.05, 3.63) is 36.0 Å². The first-order valence-corrected chi connectivity index (χ1v) is 15.7. The summed E-state index contributed by atoms with van der Waals surface area (Å²) in [6.45, 7) is 20.2. The molecule has 11 heteroatoms. The van der Waals surface area contributed by atoms with E-state index < -0.39 is 23.0 Å². The third-order valence-corrected chi connectivity index (χ3v) is 7.23. The Bertz CT molecular complexity index is 1280. The van der Waals surface area contributed by atoms with E-state index in [2.05, 4.69) is 10.3 Å². The molecule has 0 saturated carbocycles. The maximum atomic E-state index is 13.6. The van der Waals surface area contributed by atoms with Crippen molar-refractivity contribution in [2.75, 3.05) is 47.8 Å². The molecule has 2 amide bonds. The molecule has 3 rings (SSSR count). The number of amides is 2. The summed E-state index contributed by atoms with van der Waals surface area (Å²) in [7, 11) is 0. The van der Waals surface area contributed by atoms with Gasteiger partial charge in [-0.3, -0.25) is 4.79 Å². The van der Waals surface area contributed by atoms with Crippen molar-refractivity contribution in [3.8, 4) is 5.75 Å². The van der Waals surface area contributed by atoms with Crippen LogP contribution in [0.25, 0.3) is 0 Å². The fourth-order valence-corrected chi connectivity index (χ4v) is 4.88. The summed E-state index contributed by atoms with van der Waals surface area (Å²) in [5.74, 6) is 0.756. The molecule has 1 aliphatic heterocycles. The standard InChI is InChI=1S/C33H50N6O5/c1-10-37(11-2)30-34-22-26(39(12-3)29(41)32(4,5)6)27(36-30)35-25(28(40)44-33(7,8)9)21-23-15-17-24(18-16-23)43-31(42)38-19-13-14-20-38/h15-18,22,25H,10-14,19-21H2,1-9H3,(H,34,35,36). The number of esters is 1. The number of aromatic nitrogens is 2. The lowest BCUT2D eigenvalue weighted by molar-refractivity contribution is -0.155. The quantitative estimate of drug-likeness (QED) is 0.321. The number of rotatable bonds is 11. The van der Waals surface area contributed by atoms with E-state index in [9.17, 15) is 14.4 Å². The van der Waals surface area contributed by atoms with Crippen LogP contribution in [-0.4, -0.2) is 77.2 Å². The van der Waals surface area contributed by atoms with Crippen LogP contribution in [0.3, 0.4) is 0 Å². The maximum Gasteiger partial charge on any atom is 0.415 e. The second kappa shape index (κ2) is 14.7. The highest BCUT2D eigenvalue weighted by molar-refractivity contribution is 5.99. The Hall–Kier alpha value is -3.89. The number of hydrogen-bond acceptors (Lipinski definition) is 9. The average Bonchev–Trinajstić information content (AvgIpc) is 3.50. The molecule has 242 valence electrons. The maximum absolute atomic E-state index is 13.6. The molecule has 2 heterocycles. The molecule has 1 aromatic carbocycles. The molecule has 1 unspecified atom stereocenters. The number of likely N-dealkylation sites (tertiary alicyclic amines) is 1. The van der Waals surface area contributed by atoms with Gasteiger partial charge in [0.1, 0.15) is 23.1 Å². The predicted octanol–water partition coefficient (Wildman–Crippen LogP) is 5.68. The zero-order chi connectivity index (χ0) is 32.7. The molecule has 0 aliphatic carbocycles. The SMILES string of the molecule is CCN(CC)c1ncc(N(CC)C(=O)C(C)(C)C)c(NC(Cc2ccc(OC(=O)N3CCCC3)cc2)C(=O)OC(C)(C)C)n1. The van der Waals surface area contributed by atoms with Crippen molar-refractivity contribution in [1.29, 1.82) is 0 Å². The van der Waals surface area contributed by atoms with Crippen molar-refractivity contribution < 1.29 is 23.9 Å². The van der Waals surface area contributed by atoms with Crippen molar-refractivity contribution in [2.24, 2.45) is 5.41 Å². The van der Waals surface area contributed by atoms with Gasteiger partial charge < -0.3 is 29.5 Å². The van der Waals surface area contributed by atoms with Gasteiger partial charge in [0.15, 0.2) is 5.82 Å². The molecule has 0 radical (unpaired) electrons. The normalized spacial score (nSPS) is 14.2. The van der Waals surface area contributed by atoms with Crippen molar-refractivity contribution in [3.63, 3.8) is 0 Å². The number of carbonyl (C=O) groups is 3. The highest BCUT2D eigenvalue weighted by Crippen LogP contribution is 2.31. The van der Waals surface area contributed by atoms with Crippen molar-refractivity contribution in [2.45, 2.75) is 93.2 Å². The predicted molar refractivity (Wildman–Crippen MR) is 173 cm³/mol. The van der Waals surface area contributed by atoms with Gasteiger partial charge >= 0.3 is 12.1 Å². The van der Waals surface area contributed by atoms with E-state index in [-0.39, 0.29) is 18.4 Å². The number of benzene rings is 1. The Kier molecular flexibility index (Phi) is 11.6. The first-order valence-electron chi connectivity index (χ1n) is 15.7. The molecule has 0 bridgehead atoms. The lowest BCUT2D eigenvalue weighted by atomic mass is 9.94. The Labute approximate surface area is 262 Å². The summed E-state index contributed by atoms with van der Waals surface area (Å²) in [4.78, 5) is 54.3. The van der Waals surface area contributed by atoms with Crippen LogP contribution >= 0.6 is 0 Å². The van der Waals surface area contributed by atoms with Gasteiger partial charge in [0.2, 0.25) is 11.9 Å². The Balaban J connectivity index is 1.97. The Morgan fingerprint density at radius 2 is 1.57 bits per heavy atom. The molecular weight excluding hydrogens is 560 g/mol. The van der Waals surface area contributed by atoms with Crippen LogP contribution < -0.4 is 19.9 Å². The molecule has 1 aromatic heterocycles. The smallest absolute Gasteiger partial charge is 0.415 e. The lowest BCUT2D eigenvalue weighted by Gasteiger charge is -2.31. The highest BCUT2D eigenvalue weighted by Gasteiger charge is 2.32. The largest absolute Gasteiger partial charge is 0.458 e. The molecule has 11 nitrogen and oxygen atoms in total. The summed E-state index contributed by atoms with van der Waals surface area (Å²) in [6.07, 6.45) is 3.52. The van der Waals surface area contributed by atoms with Crippen LogP contribution in [0, 0.1) is 5.41 Å². The minimum atomic E-state index is -0.839. The van der Waals surface area contributed by atoms with E-state index in [0.29, 0.717) is 55.9 Å². The minimum Gasteiger partial charge on any atom is -0.458 e. The Morgan fingerprint density at radius 1 is 0.955 bits per heavy atom. The van der Waals surface area contributed by atoms with Gasteiger partial charge in [0, 0.05) is 44.6 Å². The van der Waals surface area contributed by atoms with Crippen LogP contribution in [-0.2, 0) is 20.7 Å². The third kappa shape index (κ3) is 9.30. The van der Waals surface area contributed by atoms with E-state index in [1.54, 1.807) is 28.1 Å². The first kappa shape index (κ1) is 34.6. The second-order valence-electron chi connectivity index (χ2n) is 13.0. The fraction of sp³-hybridized carbons (Fsp3) is 0.606. The Morgan fingerprint density at radius 3 is 2.09 bits per heavy atom. The lowest BCUT2D eigenvalue weighted by Crippen LogP contribution is -2.42. The van der Waals surface area contributed by atoms with Crippen LogP contribution in [0.15, 0.2) is 30.5 Å². The molecule has 44 heavy (non-hydrogen) atoms. The van der Waals surface area contributed by atoms with E-state index in [0.717, 1.165) is 18.4 Å². The summed E-state index contributed by atoms with van der Waals surface area (Å²) in [5.41, 5.74) is -0.0495. The molecule has 1 fully saturated rings. The molecular formula is C33H50N6O5. The zero-order valence-electron chi connectivity index (χ0n) is 27.9. The van der Waals surface area contributed by atoms with Crippen molar-refractivity contribution >= 4 is 35.4 Å². The number of nitrogens with one attached hydrogen (secondary N) is 1. The highest BCUT2D eigenvalue weighted by atomic mass is 16.6. The van der Waals surface area contributed by atoms with Gasteiger partial charge in [-0.05, 0) is 72.1 Å². The molecule has 1 atom stereocenters. The molecule has 1 aliphatic rings. The van der Waals surface area contributed by atoms with Crippen LogP contribution in [0.1, 0.15) is 80.7 Å². The van der Waals surface area contributed by atoms with Gasteiger partial charge in [-0.15, -0.1) is 0 Å². The topological polar surface area (TPSA) is 117 Å². The summed E-state index contributed by atoms with van der Waals surface area (Å²) < 4.78 is 11.4. The fourth-order valence-electron chi connectivity index (χ4n) is 4.88. The number of carbonyl (C=O) groups excluding carboxylic acids is 3. The third-order valence-electron chi connectivity index (χ3n) is 7.23. The van der Waals surface area contributed by atoms with Gasteiger partial charge in [-0.2, -0.15) is 4.98 Å². The van der Waals surface area contributed by atoms with Gasteiger partial charge in [0.05, 0.1) is 6.20 Å². The van der Waals surface area contributed by atoms with Crippen LogP contribution in [0.2, 0.25) is 0 Å². The van der Waals surface area contributed by atoms with Crippen LogP contribution in [0.4, 0.5) is 22.2 Å². The van der Waals surface area contributed by atoms with Gasteiger partial charge in [0.25, 0.3) is 0 Å². The minimum absolute atomic E-state index is 0.0878. The second-order valence-corrected chi connectivity index (χ2v) is 13.0. The molecule has 2 aromatic rings. The number of ether oxygens (including phenoxy) is 2. The van der Waals surface area contributed by atoms with E-state index in [4.69, 9.17) is 14.5 Å². The zero-order valence-corrected chi connectivity index (χ0v) is 27.9. The van der Waals surface area contributed by atoms with Crippen LogP contribution in [0.5, 0.6) is 5.75 Å². The number of anilines is 3. The monoisotopic (exact) mass is 610 g/mol. The molecule has 1 saturated heterocycles. The van der Waals surface area contributed by atoms with E-state index >= 15 is 0 Å². The van der Waals surface area contributed by atoms with E-state index in [1.165, 1.54) is 0 Å². The number of hydrogen-bond donors (Lipinski definition) is 1.